The quantitative estimate of drug-likeness (QED) is 0.447. The molecule has 1 saturated carbocycles. The van der Waals surface area contributed by atoms with E-state index in [9.17, 15) is 0 Å². The number of unbranched alkanes of at least 4 members (excludes halogenated alkanes) is 3. The fraction of sp³-hybridized carbons (Fsp3) is 0.692. The molecule has 2 atom stereocenters. The highest BCUT2D eigenvalue weighted by Gasteiger charge is 2.29. The minimum absolute atomic E-state index is 0.839. The van der Waals surface area contributed by atoms with E-state index < -0.39 is 0 Å². The van der Waals surface area contributed by atoms with Crippen LogP contribution in [0.15, 0.2) is 23.8 Å². The fourth-order valence-corrected chi connectivity index (χ4v) is 2.57. The molecule has 2 rings (SSSR count). The molecule has 1 fully saturated rings. The van der Waals surface area contributed by atoms with Crippen molar-refractivity contribution in [1.82, 2.24) is 0 Å². The highest BCUT2D eigenvalue weighted by Crippen LogP contribution is 2.43. The first kappa shape index (κ1) is 9.05. The van der Waals surface area contributed by atoms with E-state index in [1.54, 1.807) is 5.57 Å². The Kier molecular flexibility index (Phi) is 2.87. The van der Waals surface area contributed by atoms with Crippen molar-refractivity contribution in [2.45, 2.75) is 45.4 Å². The summed E-state index contributed by atoms with van der Waals surface area (Å²) in [6, 6.07) is 0. The molecular weight excluding hydrogens is 156 g/mol. The van der Waals surface area contributed by atoms with E-state index in [1.165, 1.54) is 38.5 Å². The van der Waals surface area contributed by atoms with Crippen LogP contribution in [0.25, 0.3) is 0 Å². The molecule has 0 heterocycles. The summed E-state index contributed by atoms with van der Waals surface area (Å²) in [7, 11) is 0. The van der Waals surface area contributed by atoms with Gasteiger partial charge >= 0.3 is 0 Å². The molecule has 2 aliphatic carbocycles. The minimum Gasteiger partial charge on any atom is -0.0847 e. The van der Waals surface area contributed by atoms with Crippen LogP contribution in [-0.2, 0) is 0 Å². The Morgan fingerprint density at radius 3 is 2.92 bits per heavy atom. The zero-order valence-corrected chi connectivity index (χ0v) is 8.63. The maximum absolute atomic E-state index is 2.52. The molecule has 0 nitrogen and oxygen atoms in total. The van der Waals surface area contributed by atoms with Crippen LogP contribution < -0.4 is 0 Å². The van der Waals surface area contributed by atoms with Crippen molar-refractivity contribution in [2.24, 2.45) is 11.8 Å². The number of hydrogen-bond acceptors (Lipinski definition) is 0. The monoisotopic (exact) mass is 176 g/mol. The number of hydrogen-bond donors (Lipinski definition) is 0. The van der Waals surface area contributed by atoms with Crippen molar-refractivity contribution in [2.75, 3.05) is 0 Å². The minimum atomic E-state index is 0.839. The van der Waals surface area contributed by atoms with Gasteiger partial charge in [0.25, 0.3) is 0 Å². The average Bonchev–Trinajstić information content (AvgIpc) is 2.73. The van der Waals surface area contributed by atoms with Gasteiger partial charge in [-0.1, -0.05) is 43.6 Å². The molecule has 0 aliphatic heterocycles. The smallest absolute Gasteiger partial charge is 0.00173 e. The van der Waals surface area contributed by atoms with Gasteiger partial charge in [0.2, 0.25) is 0 Å². The predicted octanol–water partition coefficient (Wildman–Crippen LogP) is 4.09. The molecule has 0 aromatic rings. The molecule has 0 N–H and O–H groups in total. The standard InChI is InChI=1S/C13H20/c1-2-3-4-5-6-12-9-11-7-8-13(12)10-11/h6-8,11,13H,2-5,9-10H2,1H3. The summed E-state index contributed by atoms with van der Waals surface area (Å²) >= 11 is 0. The van der Waals surface area contributed by atoms with Gasteiger partial charge in [0, 0.05) is 0 Å². The summed E-state index contributed by atoms with van der Waals surface area (Å²) in [6.07, 6.45) is 15.6. The third-order valence-electron chi connectivity index (χ3n) is 3.36. The molecule has 0 aromatic heterocycles. The van der Waals surface area contributed by atoms with Crippen LogP contribution in [0.2, 0.25) is 0 Å². The second-order valence-corrected chi connectivity index (χ2v) is 4.47. The van der Waals surface area contributed by atoms with Gasteiger partial charge in [0.15, 0.2) is 0 Å². The highest BCUT2D eigenvalue weighted by atomic mass is 14.3. The second-order valence-electron chi connectivity index (χ2n) is 4.47. The molecule has 2 unspecified atom stereocenters. The molecule has 72 valence electrons. The maximum Gasteiger partial charge on any atom is -0.00173 e. The number of fused-ring (bicyclic) bond motifs is 2. The molecule has 0 saturated heterocycles. The van der Waals surface area contributed by atoms with E-state index in [-0.39, 0.29) is 0 Å². The molecule has 0 radical (unpaired) electrons. The van der Waals surface area contributed by atoms with Gasteiger partial charge in [-0.15, -0.1) is 0 Å². The molecule has 2 bridgehead atoms. The Hall–Kier alpha value is -0.520. The molecular formula is C13H20. The summed E-state index contributed by atoms with van der Waals surface area (Å²) in [4.78, 5) is 0. The van der Waals surface area contributed by atoms with Crippen molar-refractivity contribution < 1.29 is 0 Å². The van der Waals surface area contributed by atoms with Crippen LogP contribution in [0.3, 0.4) is 0 Å². The Bertz CT molecular complexity index is 222. The van der Waals surface area contributed by atoms with Crippen molar-refractivity contribution >= 4 is 0 Å². The topological polar surface area (TPSA) is 0 Å². The van der Waals surface area contributed by atoms with E-state index in [0.29, 0.717) is 0 Å². The van der Waals surface area contributed by atoms with Gasteiger partial charge < -0.3 is 0 Å². The van der Waals surface area contributed by atoms with Crippen LogP contribution in [0.1, 0.15) is 45.4 Å². The van der Waals surface area contributed by atoms with E-state index in [0.717, 1.165) is 11.8 Å². The molecule has 2 aliphatic rings. The largest absolute Gasteiger partial charge is 0.0847 e. The summed E-state index contributed by atoms with van der Waals surface area (Å²) in [5.41, 5.74) is 1.74. The Morgan fingerprint density at radius 2 is 2.31 bits per heavy atom. The van der Waals surface area contributed by atoms with Gasteiger partial charge in [0.1, 0.15) is 0 Å². The molecule has 0 heteroatoms. The van der Waals surface area contributed by atoms with Gasteiger partial charge in [-0.05, 0) is 37.5 Å². The van der Waals surface area contributed by atoms with Crippen LogP contribution in [0.4, 0.5) is 0 Å². The van der Waals surface area contributed by atoms with Crippen molar-refractivity contribution in [3.63, 3.8) is 0 Å². The second kappa shape index (κ2) is 4.13. The maximum atomic E-state index is 2.52. The lowest BCUT2D eigenvalue weighted by atomic mass is 9.99. The van der Waals surface area contributed by atoms with Crippen LogP contribution in [-0.4, -0.2) is 0 Å². The third-order valence-corrected chi connectivity index (χ3v) is 3.36. The number of rotatable bonds is 4. The van der Waals surface area contributed by atoms with Gasteiger partial charge in [-0.3, -0.25) is 0 Å². The first-order valence-corrected chi connectivity index (χ1v) is 5.77. The normalized spacial score (nSPS) is 33.5. The average molecular weight is 176 g/mol. The fourth-order valence-electron chi connectivity index (χ4n) is 2.57. The zero-order valence-electron chi connectivity index (χ0n) is 8.63. The Labute approximate surface area is 81.7 Å². The first-order valence-electron chi connectivity index (χ1n) is 5.77. The summed E-state index contributed by atoms with van der Waals surface area (Å²) in [6.45, 7) is 2.27. The van der Waals surface area contributed by atoms with Gasteiger partial charge in [-0.25, -0.2) is 0 Å². The zero-order chi connectivity index (χ0) is 9.10. The SMILES string of the molecule is CCCCCC=C1CC2C=CC1C2. The van der Waals surface area contributed by atoms with E-state index in [4.69, 9.17) is 0 Å². The Morgan fingerprint density at radius 1 is 1.38 bits per heavy atom. The van der Waals surface area contributed by atoms with Crippen molar-refractivity contribution in [1.29, 1.82) is 0 Å². The summed E-state index contributed by atoms with van der Waals surface area (Å²) in [5, 5.41) is 0. The highest BCUT2D eigenvalue weighted by molar-refractivity contribution is 5.26. The van der Waals surface area contributed by atoms with Gasteiger partial charge in [-0.2, -0.15) is 0 Å². The first-order chi connectivity index (χ1) is 6.40. The molecule has 13 heavy (non-hydrogen) atoms. The lowest BCUT2D eigenvalue weighted by molar-refractivity contribution is 0.693. The van der Waals surface area contributed by atoms with Crippen LogP contribution in [0, 0.1) is 11.8 Å². The Balaban J connectivity index is 1.78. The third kappa shape index (κ3) is 2.04. The summed E-state index contributed by atoms with van der Waals surface area (Å²) in [5.74, 6) is 1.74. The summed E-state index contributed by atoms with van der Waals surface area (Å²) < 4.78 is 0. The lowest BCUT2D eigenvalue weighted by Gasteiger charge is -2.07. The van der Waals surface area contributed by atoms with Crippen molar-refractivity contribution in [3.8, 4) is 0 Å². The lowest BCUT2D eigenvalue weighted by Crippen LogP contribution is -1.91. The van der Waals surface area contributed by atoms with E-state index >= 15 is 0 Å². The van der Waals surface area contributed by atoms with Crippen molar-refractivity contribution in [3.05, 3.63) is 23.8 Å². The van der Waals surface area contributed by atoms with Crippen LogP contribution in [0.5, 0.6) is 0 Å². The molecule has 0 aromatic carbocycles. The molecule has 0 amide bonds. The van der Waals surface area contributed by atoms with E-state index in [2.05, 4.69) is 25.2 Å². The predicted molar refractivity (Wildman–Crippen MR) is 57.6 cm³/mol. The van der Waals surface area contributed by atoms with Gasteiger partial charge in [0.05, 0.1) is 0 Å². The number of allylic oxidation sites excluding steroid dienone is 4. The molecule has 0 spiro atoms. The van der Waals surface area contributed by atoms with Crippen LogP contribution >= 0.6 is 0 Å². The van der Waals surface area contributed by atoms with E-state index in [1.807, 2.05) is 0 Å².